The fourth-order valence-corrected chi connectivity index (χ4v) is 4.74. The normalized spacial score (nSPS) is 11.8. The number of hydrogen-bond donors (Lipinski definition) is 0. The Hall–Kier alpha value is -4.22. The Bertz CT molecular complexity index is 1510. The quantitative estimate of drug-likeness (QED) is 0.312. The fourth-order valence-electron chi connectivity index (χ4n) is 3.64. The van der Waals surface area contributed by atoms with Gasteiger partial charge in [0.25, 0.3) is 0 Å². The lowest BCUT2D eigenvalue weighted by atomic mass is 10.0. The van der Waals surface area contributed by atoms with Crippen molar-refractivity contribution < 1.29 is 4.74 Å². The monoisotopic (exact) mass is 478 g/mol. The molecule has 1 atom stereocenters. The van der Waals surface area contributed by atoms with Gasteiger partial charge in [-0.05, 0) is 55.2 Å². The van der Waals surface area contributed by atoms with E-state index in [0.29, 0.717) is 17.3 Å². The second-order valence-electron chi connectivity index (χ2n) is 8.26. The van der Waals surface area contributed by atoms with Crippen LogP contribution >= 0.6 is 11.3 Å². The van der Waals surface area contributed by atoms with Crippen LogP contribution in [0.15, 0.2) is 67.1 Å². The molecular formula is C27H22N6OS. The Morgan fingerprint density at radius 2 is 1.66 bits per heavy atom. The summed E-state index contributed by atoms with van der Waals surface area (Å²) >= 11 is 1.48. The molecule has 0 saturated heterocycles. The Labute approximate surface area is 207 Å². The molecule has 1 unspecified atom stereocenters. The lowest BCUT2D eigenvalue weighted by molar-refractivity contribution is 0.279. The van der Waals surface area contributed by atoms with Crippen molar-refractivity contribution in [1.82, 2.24) is 24.9 Å². The number of aryl methyl sites for hydroxylation is 2. The summed E-state index contributed by atoms with van der Waals surface area (Å²) in [6.45, 7) is 4.25. The zero-order valence-corrected chi connectivity index (χ0v) is 20.2. The molecule has 4 heterocycles. The van der Waals surface area contributed by atoms with Gasteiger partial charge < -0.3 is 4.74 Å². The highest BCUT2D eigenvalue weighted by molar-refractivity contribution is 7.18. The van der Waals surface area contributed by atoms with E-state index in [1.54, 1.807) is 18.5 Å². The molecule has 0 radical (unpaired) electrons. The van der Waals surface area contributed by atoms with Gasteiger partial charge in [0.1, 0.15) is 17.5 Å². The third-order valence-electron chi connectivity index (χ3n) is 5.53. The van der Waals surface area contributed by atoms with E-state index in [4.69, 9.17) is 4.74 Å². The first-order chi connectivity index (χ1) is 17.1. The number of nitrogens with zero attached hydrogens (tertiary/aromatic N) is 6. The van der Waals surface area contributed by atoms with Crippen molar-refractivity contribution in [3.05, 3.63) is 106 Å². The number of rotatable bonds is 7. The summed E-state index contributed by atoms with van der Waals surface area (Å²) in [6.07, 6.45) is 6.09. The Balaban J connectivity index is 1.26. The molecule has 172 valence electrons. The molecule has 0 aliphatic rings. The van der Waals surface area contributed by atoms with Gasteiger partial charge in [-0.2, -0.15) is 10.2 Å². The third kappa shape index (κ3) is 5.31. The molecule has 7 nitrogen and oxygen atoms in total. The minimum absolute atomic E-state index is 0.233. The van der Waals surface area contributed by atoms with Crippen molar-refractivity contribution >= 4 is 21.6 Å². The summed E-state index contributed by atoms with van der Waals surface area (Å²) in [5.74, 6) is -0.603. The molecule has 1 aromatic carbocycles. The van der Waals surface area contributed by atoms with E-state index >= 15 is 0 Å². The van der Waals surface area contributed by atoms with Crippen LogP contribution in [0, 0.1) is 25.2 Å². The van der Waals surface area contributed by atoms with E-state index in [1.165, 1.54) is 22.5 Å². The molecule has 4 aromatic heterocycles. The van der Waals surface area contributed by atoms with E-state index < -0.39 is 5.92 Å². The van der Waals surface area contributed by atoms with Crippen LogP contribution in [0.25, 0.3) is 10.2 Å². The summed E-state index contributed by atoms with van der Waals surface area (Å²) in [5, 5.41) is 10.5. The van der Waals surface area contributed by atoms with Crippen LogP contribution in [0.1, 0.15) is 44.7 Å². The van der Waals surface area contributed by atoms with E-state index in [2.05, 4.69) is 49.2 Å². The lowest BCUT2D eigenvalue weighted by Crippen LogP contribution is -2.05. The Morgan fingerprint density at radius 3 is 2.43 bits per heavy atom. The van der Waals surface area contributed by atoms with Gasteiger partial charge in [0.2, 0.25) is 0 Å². The van der Waals surface area contributed by atoms with Crippen LogP contribution in [-0.4, -0.2) is 24.9 Å². The molecule has 0 saturated carbocycles. The number of pyridine rings is 2. The van der Waals surface area contributed by atoms with E-state index in [0.717, 1.165) is 33.6 Å². The van der Waals surface area contributed by atoms with Crippen molar-refractivity contribution in [3.63, 3.8) is 0 Å². The van der Waals surface area contributed by atoms with E-state index in [1.807, 2.05) is 44.3 Å². The fraction of sp³-hybridized carbons (Fsp3) is 0.185. The van der Waals surface area contributed by atoms with Crippen LogP contribution in [0.3, 0.4) is 0 Å². The van der Waals surface area contributed by atoms with Gasteiger partial charge >= 0.3 is 6.01 Å². The van der Waals surface area contributed by atoms with E-state index in [9.17, 15) is 5.26 Å². The summed E-state index contributed by atoms with van der Waals surface area (Å²) in [7, 11) is 0. The van der Waals surface area contributed by atoms with Crippen LogP contribution in [-0.2, 0) is 13.0 Å². The third-order valence-corrected chi connectivity index (χ3v) is 6.61. The van der Waals surface area contributed by atoms with Gasteiger partial charge in [-0.1, -0.05) is 30.3 Å². The van der Waals surface area contributed by atoms with Crippen LogP contribution in [0.5, 0.6) is 6.01 Å². The zero-order chi connectivity index (χ0) is 24.2. The number of ether oxygens (including phenoxy) is 1. The molecule has 0 spiro atoms. The number of fused-ring (bicyclic) bond motifs is 1. The number of hydrogen-bond acceptors (Lipinski definition) is 8. The second kappa shape index (κ2) is 9.95. The van der Waals surface area contributed by atoms with E-state index in [-0.39, 0.29) is 6.01 Å². The predicted octanol–water partition coefficient (Wildman–Crippen LogP) is 5.32. The molecule has 0 aliphatic carbocycles. The zero-order valence-electron chi connectivity index (χ0n) is 19.3. The topological polar surface area (TPSA) is 97.5 Å². The first-order valence-electron chi connectivity index (χ1n) is 11.1. The maximum atomic E-state index is 9.85. The number of nitriles is 1. The van der Waals surface area contributed by atoms with Gasteiger partial charge in [0.05, 0.1) is 28.2 Å². The van der Waals surface area contributed by atoms with Crippen molar-refractivity contribution in [2.24, 2.45) is 0 Å². The molecule has 0 amide bonds. The Kier molecular flexibility index (Phi) is 6.42. The highest BCUT2D eigenvalue weighted by Gasteiger charge is 2.21. The van der Waals surface area contributed by atoms with Crippen molar-refractivity contribution in [3.8, 4) is 12.1 Å². The number of aromatic nitrogens is 5. The van der Waals surface area contributed by atoms with Gasteiger partial charge in [-0.25, -0.2) is 9.97 Å². The maximum Gasteiger partial charge on any atom is 0.316 e. The molecule has 0 fully saturated rings. The summed E-state index contributed by atoms with van der Waals surface area (Å²) < 4.78 is 6.84. The molecule has 5 aromatic rings. The number of benzene rings is 1. The molecule has 0 N–H and O–H groups in total. The van der Waals surface area contributed by atoms with Crippen molar-refractivity contribution in [1.29, 1.82) is 5.26 Å². The highest BCUT2D eigenvalue weighted by Crippen LogP contribution is 2.31. The summed E-state index contributed by atoms with van der Waals surface area (Å²) in [5.41, 5.74) is 6.66. The molecular weight excluding hydrogens is 456 g/mol. The van der Waals surface area contributed by atoms with Crippen molar-refractivity contribution in [2.45, 2.75) is 32.8 Å². The first-order valence-corrected chi connectivity index (χ1v) is 12.0. The smallest absolute Gasteiger partial charge is 0.316 e. The minimum atomic E-state index is -0.603. The standard InChI is InChI=1S/C27H22N6OS/c1-17-3-4-21(14-30-17)12-19-5-7-20(8-6-19)16-34-27-29-10-9-23(33-27)22(13-28)26-32-24-15-31-18(2)11-25(24)35-26/h3-11,14-15,22H,12,16H2,1-2H3. The van der Waals surface area contributed by atoms with Gasteiger partial charge in [0, 0.05) is 23.8 Å². The predicted molar refractivity (Wildman–Crippen MR) is 134 cm³/mol. The Morgan fingerprint density at radius 1 is 0.886 bits per heavy atom. The largest absolute Gasteiger partial charge is 0.459 e. The highest BCUT2D eigenvalue weighted by atomic mass is 32.1. The maximum absolute atomic E-state index is 9.85. The van der Waals surface area contributed by atoms with Crippen molar-refractivity contribution in [2.75, 3.05) is 0 Å². The number of thiazole rings is 1. The summed E-state index contributed by atoms with van der Waals surface area (Å²) in [6, 6.07) is 18.6. The average Bonchev–Trinajstić information content (AvgIpc) is 3.28. The molecule has 0 aliphatic heterocycles. The van der Waals surface area contributed by atoms with Gasteiger partial charge in [0.15, 0.2) is 0 Å². The van der Waals surface area contributed by atoms with Crippen LogP contribution < -0.4 is 4.74 Å². The SMILES string of the molecule is Cc1ccc(Cc2ccc(COc3nccc(C(C#N)c4nc5cnc(C)cc5s4)n3)cc2)cn1. The minimum Gasteiger partial charge on any atom is -0.459 e. The summed E-state index contributed by atoms with van der Waals surface area (Å²) in [4.78, 5) is 22.0. The molecule has 35 heavy (non-hydrogen) atoms. The lowest BCUT2D eigenvalue weighted by Gasteiger charge is -2.09. The van der Waals surface area contributed by atoms with Crippen LogP contribution in [0.2, 0.25) is 0 Å². The molecule has 5 rings (SSSR count). The van der Waals surface area contributed by atoms with Crippen LogP contribution in [0.4, 0.5) is 0 Å². The van der Waals surface area contributed by atoms with Gasteiger partial charge in [-0.3, -0.25) is 9.97 Å². The second-order valence-corrected chi connectivity index (χ2v) is 9.32. The van der Waals surface area contributed by atoms with Gasteiger partial charge in [-0.15, -0.1) is 11.3 Å². The molecule has 0 bridgehead atoms. The first kappa shape index (κ1) is 22.6. The average molecular weight is 479 g/mol. The molecule has 8 heteroatoms.